The number of para-hydroxylation sites is 2. The average Bonchev–Trinajstić information content (AvgIpc) is 2.88. The molecule has 0 aliphatic rings. The van der Waals surface area contributed by atoms with Crippen LogP contribution in [0.4, 0.5) is 0 Å². The number of hydrogen-bond donors (Lipinski definition) is 3. The Kier molecular flexibility index (Phi) is 3.31. The largest absolute Gasteiger partial charge is 0.504 e. The zero-order valence-corrected chi connectivity index (χ0v) is 11.0. The molecule has 1 heterocycles. The molecule has 102 valence electrons. The summed E-state index contributed by atoms with van der Waals surface area (Å²) in [6, 6.07) is 15.1. The van der Waals surface area contributed by atoms with Gasteiger partial charge in [-0.3, -0.25) is 0 Å². The Labute approximate surface area is 116 Å². The number of H-pyrrole nitrogens is 1. The minimum Gasteiger partial charge on any atom is -0.504 e. The van der Waals surface area contributed by atoms with E-state index in [1.807, 2.05) is 30.3 Å². The van der Waals surface area contributed by atoms with Gasteiger partial charge in [0.05, 0.1) is 5.69 Å². The summed E-state index contributed by atoms with van der Waals surface area (Å²) < 4.78 is 5.60. The lowest BCUT2D eigenvalue weighted by Crippen LogP contribution is -1.96. The highest BCUT2D eigenvalue weighted by Gasteiger charge is 2.04. The lowest BCUT2D eigenvalue weighted by molar-refractivity contribution is 0.286. The molecule has 4 nitrogen and oxygen atoms in total. The van der Waals surface area contributed by atoms with Crippen LogP contribution in [0.25, 0.3) is 10.9 Å². The number of aromatic nitrogens is 1. The van der Waals surface area contributed by atoms with Crippen molar-refractivity contribution in [3.05, 3.63) is 59.8 Å². The summed E-state index contributed by atoms with van der Waals surface area (Å²) in [6.45, 7) is 0.906. The number of hydrogen-bond acceptors (Lipinski definition) is 3. The van der Waals surface area contributed by atoms with E-state index in [2.05, 4.69) is 4.98 Å². The molecule has 0 aliphatic heterocycles. The normalized spacial score (nSPS) is 10.8. The standard InChI is InChI=1S/C16H16N2O2/c17-9-11-5-6-12-8-13(18-14(12)7-11)10-20-16-4-2-1-3-15(16)19/h1-8,18-19H,9-10,17H2. The Balaban J connectivity index is 1.79. The van der Waals surface area contributed by atoms with Crippen LogP contribution in [0.15, 0.2) is 48.5 Å². The highest BCUT2D eigenvalue weighted by molar-refractivity contribution is 5.81. The number of rotatable bonds is 4. The predicted molar refractivity (Wildman–Crippen MR) is 78.6 cm³/mol. The summed E-state index contributed by atoms with van der Waals surface area (Å²) in [4.78, 5) is 3.30. The van der Waals surface area contributed by atoms with Crippen LogP contribution in [0.2, 0.25) is 0 Å². The number of nitrogens with one attached hydrogen (secondary N) is 1. The lowest BCUT2D eigenvalue weighted by atomic mass is 10.2. The van der Waals surface area contributed by atoms with Gasteiger partial charge in [-0.25, -0.2) is 0 Å². The van der Waals surface area contributed by atoms with Crippen molar-refractivity contribution >= 4 is 10.9 Å². The summed E-state index contributed by atoms with van der Waals surface area (Å²) in [7, 11) is 0. The molecule has 0 saturated carbocycles. The minimum atomic E-state index is 0.147. The molecule has 0 spiro atoms. The van der Waals surface area contributed by atoms with Crippen LogP contribution in [0, 0.1) is 0 Å². The van der Waals surface area contributed by atoms with E-state index in [1.54, 1.807) is 18.2 Å². The van der Waals surface area contributed by atoms with Crippen LogP contribution < -0.4 is 10.5 Å². The van der Waals surface area contributed by atoms with Crippen molar-refractivity contribution in [1.29, 1.82) is 0 Å². The van der Waals surface area contributed by atoms with Crippen LogP contribution in [-0.4, -0.2) is 10.1 Å². The molecule has 0 fully saturated rings. The molecule has 0 aliphatic carbocycles. The summed E-state index contributed by atoms with van der Waals surface area (Å²) in [5.74, 6) is 0.628. The van der Waals surface area contributed by atoms with Gasteiger partial charge in [-0.1, -0.05) is 24.3 Å². The Morgan fingerprint density at radius 1 is 1.10 bits per heavy atom. The van der Waals surface area contributed by atoms with E-state index in [-0.39, 0.29) is 5.75 Å². The van der Waals surface area contributed by atoms with Crippen molar-refractivity contribution in [3.63, 3.8) is 0 Å². The number of nitrogens with two attached hydrogens (primary N) is 1. The molecule has 4 heteroatoms. The zero-order chi connectivity index (χ0) is 13.9. The third-order valence-corrected chi connectivity index (χ3v) is 3.23. The average molecular weight is 268 g/mol. The van der Waals surface area contributed by atoms with Crippen LogP contribution in [0.5, 0.6) is 11.5 Å². The van der Waals surface area contributed by atoms with Gasteiger partial charge in [0.1, 0.15) is 6.61 Å². The van der Waals surface area contributed by atoms with Crippen molar-refractivity contribution in [1.82, 2.24) is 4.98 Å². The molecule has 0 amide bonds. The van der Waals surface area contributed by atoms with Gasteiger partial charge in [0.2, 0.25) is 0 Å². The summed E-state index contributed by atoms with van der Waals surface area (Å²) in [5.41, 5.74) is 8.72. The van der Waals surface area contributed by atoms with Gasteiger partial charge in [0.15, 0.2) is 11.5 Å². The minimum absolute atomic E-state index is 0.147. The van der Waals surface area contributed by atoms with Gasteiger partial charge >= 0.3 is 0 Å². The smallest absolute Gasteiger partial charge is 0.161 e. The van der Waals surface area contributed by atoms with Crippen molar-refractivity contribution in [3.8, 4) is 11.5 Å². The van der Waals surface area contributed by atoms with E-state index in [0.717, 1.165) is 22.2 Å². The van der Waals surface area contributed by atoms with Gasteiger partial charge in [0.25, 0.3) is 0 Å². The number of benzene rings is 2. The first-order valence-electron chi connectivity index (χ1n) is 6.47. The summed E-state index contributed by atoms with van der Waals surface area (Å²) >= 11 is 0. The number of phenolic OH excluding ortho intramolecular Hbond substituents is 1. The molecule has 4 N–H and O–H groups in total. The Bertz CT molecular complexity index is 734. The highest BCUT2D eigenvalue weighted by Crippen LogP contribution is 2.26. The SMILES string of the molecule is NCc1ccc2cc(COc3ccccc3O)[nH]c2c1. The molecule has 1 aromatic heterocycles. The number of aromatic amines is 1. The van der Waals surface area contributed by atoms with E-state index in [1.165, 1.54) is 0 Å². The molecule has 2 aromatic carbocycles. The molecule has 0 unspecified atom stereocenters. The topological polar surface area (TPSA) is 71.3 Å². The van der Waals surface area contributed by atoms with Gasteiger partial charge < -0.3 is 20.6 Å². The second-order valence-electron chi connectivity index (χ2n) is 4.68. The fourth-order valence-electron chi connectivity index (χ4n) is 2.17. The third kappa shape index (κ3) is 2.46. The zero-order valence-electron chi connectivity index (χ0n) is 11.0. The molecule has 0 saturated heterocycles. The fraction of sp³-hybridized carbons (Fsp3) is 0.125. The summed E-state index contributed by atoms with van der Waals surface area (Å²) in [6.07, 6.45) is 0. The third-order valence-electron chi connectivity index (χ3n) is 3.23. The maximum atomic E-state index is 9.65. The van der Waals surface area contributed by atoms with Crippen LogP contribution in [0.1, 0.15) is 11.3 Å². The number of fused-ring (bicyclic) bond motifs is 1. The van der Waals surface area contributed by atoms with Crippen LogP contribution in [-0.2, 0) is 13.2 Å². The highest BCUT2D eigenvalue weighted by atomic mass is 16.5. The Hall–Kier alpha value is -2.46. The fourth-order valence-corrected chi connectivity index (χ4v) is 2.17. The van der Waals surface area contributed by atoms with Gasteiger partial charge in [-0.05, 0) is 35.2 Å². The Morgan fingerprint density at radius 2 is 1.95 bits per heavy atom. The molecule has 0 atom stereocenters. The Morgan fingerprint density at radius 3 is 2.75 bits per heavy atom. The van der Waals surface area contributed by atoms with E-state index in [0.29, 0.717) is 18.9 Å². The predicted octanol–water partition coefficient (Wildman–Crippen LogP) is 2.91. The molecular weight excluding hydrogens is 252 g/mol. The van der Waals surface area contributed by atoms with Gasteiger partial charge in [-0.15, -0.1) is 0 Å². The first kappa shape index (κ1) is 12.6. The lowest BCUT2D eigenvalue weighted by Gasteiger charge is -2.06. The van der Waals surface area contributed by atoms with Crippen molar-refractivity contribution in [2.45, 2.75) is 13.2 Å². The van der Waals surface area contributed by atoms with Gasteiger partial charge in [-0.2, -0.15) is 0 Å². The monoisotopic (exact) mass is 268 g/mol. The molecule has 0 radical (unpaired) electrons. The summed E-state index contributed by atoms with van der Waals surface area (Å²) in [5, 5.41) is 10.8. The number of aromatic hydroxyl groups is 1. The first-order chi connectivity index (χ1) is 9.76. The number of phenols is 1. The second kappa shape index (κ2) is 5.27. The maximum Gasteiger partial charge on any atom is 0.161 e. The van der Waals surface area contributed by atoms with E-state index in [9.17, 15) is 5.11 Å². The van der Waals surface area contributed by atoms with Crippen LogP contribution >= 0.6 is 0 Å². The van der Waals surface area contributed by atoms with Crippen molar-refractivity contribution in [2.24, 2.45) is 5.73 Å². The van der Waals surface area contributed by atoms with Crippen molar-refractivity contribution in [2.75, 3.05) is 0 Å². The quantitative estimate of drug-likeness (QED) is 0.681. The molecule has 20 heavy (non-hydrogen) atoms. The van der Waals surface area contributed by atoms with E-state index < -0.39 is 0 Å². The van der Waals surface area contributed by atoms with E-state index >= 15 is 0 Å². The van der Waals surface area contributed by atoms with Gasteiger partial charge in [0, 0.05) is 12.1 Å². The molecule has 0 bridgehead atoms. The van der Waals surface area contributed by atoms with Crippen LogP contribution in [0.3, 0.4) is 0 Å². The molecular formula is C16H16N2O2. The second-order valence-corrected chi connectivity index (χ2v) is 4.68. The van der Waals surface area contributed by atoms with E-state index in [4.69, 9.17) is 10.5 Å². The van der Waals surface area contributed by atoms with Crippen molar-refractivity contribution < 1.29 is 9.84 Å². The molecule has 3 aromatic rings. The number of ether oxygens (including phenoxy) is 1. The maximum absolute atomic E-state index is 9.65. The molecule has 3 rings (SSSR count). The first-order valence-corrected chi connectivity index (χ1v) is 6.47.